The van der Waals surface area contributed by atoms with Gasteiger partial charge in [0, 0.05) is 36.5 Å². The monoisotopic (exact) mass is 485 g/mol. The first-order valence-corrected chi connectivity index (χ1v) is 11.2. The highest BCUT2D eigenvalue weighted by Crippen LogP contribution is 2.25. The predicted octanol–water partition coefficient (Wildman–Crippen LogP) is 5.45. The number of anilines is 1. The van der Waals surface area contributed by atoms with Crippen LogP contribution in [-0.2, 0) is 0 Å². The maximum atomic E-state index is 13.1. The lowest BCUT2D eigenvalue weighted by Crippen LogP contribution is -2.34. The Bertz CT molecular complexity index is 1300. The molecule has 9 nitrogen and oxygen atoms in total. The molecule has 0 saturated heterocycles. The number of ether oxygens (including phenoxy) is 1. The van der Waals surface area contributed by atoms with Gasteiger partial charge in [0.2, 0.25) is 0 Å². The molecule has 0 radical (unpaired) electrons. The summed E-state index contributed by atoms with van der Waals surface area (Å²) in [5.41, 5.74) is 0.885. The van der Waals surface area contributed by atoms with Gasteiger partial charge in [0.1, 0.15) is 11.5 Å². The van der Waals surface area contributed by atoms with Gasteiger partial charge in [-0.2, -0.15) is 0 Å². The number of furan rings is 1. The topological polar surface area (TPSA) is 115 Å². The number of nitro benzene ring substituents is 1. The Balaban J connectivity index is 1.39. The quantitative estimate of drug-likeness (QED) is 0.182. The van der Waals surface area contributed by atoms with Gasteiger partial charge >= 0.3 is 0 Å². The van der Waals surface area contributed by atoms with Gasteiger partial charge in [-0.1, -0.05) is 18.2 Å². The summed E-state index contributed by atoms with van der Waals surface area (Å²) in [6.07, 6.45) is 1.90. The van der Waals surface area contributed by atoms with Crippen molar-refractivity contribution in [2.75, 3.05) is 18.0 Å². The minimum Gasteiger partial charge on any atom is -0.459 e. The van der Waals surface area contributed by atoms with E-state index in [4.69, 9.17) is 9.15 Å². The molecule has 3 aromatic carbocycles. The van der Waals surface area contributed by atoms with E-state index in [1.165, 1.54) is 30.5 Å². The maximum absolute atomic E-state index is 13.1. The number of benzene rings is 3. The molecule has 0 aliphatic carbocycles. The molecule has 2 amide bonds. The molecular formula is C27H23N3O6. The van der Waals surface area contributed by atoms with Crippen LogP contribution in [0, 0.1) is 10.1 Å². The first-order valence-electron chi connectivity index (χ1n) is 11.2. The van der Waals surface area contributed by atoms with Crippen LogP contribution in [-0.4, -0.2) is 29.8 Å². The minimum absolute atomic E-state index is 0.0844. The summed E-state index contributed by atoms with van der Waals surface area (Å²) in [4.78, 5) is 37.3. The van der Waals surface area contributed by atoms with Crippen LogP contribution in [0.25, 0.3) is 0 Å². The van der Waals surface area contributed by atoms with E-state index in [2.05, 4.69) is 5.32 Å². The molecule has 1 aromatic heterocycles. The summed E-state index contributed by atoms with van der Waals surface area (Å²) in [5.74, 6) is 0.882. The standard InChI is InChI=1S/C27H23N3O6/c31-26(20-9-11-22(12-10-20)30(33)34)28-17-5-18-29(27(32)25-8-4-19-35-25)21-13-15-24(16-14-21)36-23-6-2-1-3-7-23/h1-4,6-16,19H,5,17-18H2,(H,28,31). The van der Waals surface area contributed by atoms with Crippen molar-refractivity contribution in [3.63, 3.8) is 0 Å². The van der Waals surface area contributed by atoms with Crippen LogP contribution in [0.3, 0.4) is 0 Å². The molecule has 4 aromatic rings. The fourth-order valence-corrected chi connectivity index (χ4v) is 3.48. The molecule has 36 heavy (non-hydrogen) atoms. The third-order valence-corrected chi connectivity index (χ3v) is 5.29. The number of nitrogens with zero attached hydrogens (tertiary/aromatic N) is 2. The Labute approximate surface area is 207 Å². The van der Waals surface area contributed by atoms with E-state index in [1.54, 1.807) is 41.3 Å². The highest BCUT2D eigenvalue weighted by molar-refractivity contribution is 6.04. The van der Waals surface area contributed by atoms with Crippen molar-refractivity contribution < 1.29 is 23.7 Å². The van der Waals surface area contributed by atoms with Crippen molar-refractivity contribution in [3.05, 3.63) is 119 Å². The molecule has 0 unspecified atom stereocenters. The van der Waals surface area contributed by atoms with Crippen LogP contribution in [0.15, 0.2) is 102 Å². The lowest BCUT2D eigenvalue weighted by molar-refractivity contribution is -0.384. The van der Waals surface area contributed by atoms with Gasteiger partial charge < -0.3 is 19.4 Å². The zero-order valence-corrected chi connectivity index (χ0v) is 19.2. The Morgan fingerprint density at radius 2 is 1.58 bits per heavy atom. The molecule has 1 N–H and O–H groups in total. The first kappa shape index (κ1) is 24.2. The number of nitro groups is 1. The molecule has 0 fully saturated rings. The minimum atomic E-state index is -0.521. The van der Waals surface area contributed by atoms with Crippen molar-refractivity contribution >= 4 is 23.2 Å². The van der Waals surface area contributed by atoms with Gasteiger partial charge in [-0.15, -0.1) is 0 Å². The van der Waals surface area contributed by atoms with Gasteiger partial charge in [0.25, 0.3) is 17.5 Å². The van der Waals surface area contributed by atoms with E-state index in [9.17, 15) is 19.7 Å². The van der Waals surface area contributed by atoms with Gasteiger partial charge in [-0.3, -0.25) is 19.7 Å². The second kappa shape index (κ2) is 11.5. The second-order valence-electron chi connectivity index (χ2n) is 7.76. The highest BCUT2D eigenvalue weighted by atomic mass is 16.6. The molecular weight excluding hydrogens is 462 g/mol. The number of hydrogen-bond acceptors (Lipinski definition) is 6. The van der Waals surface area contributed by atoms with Crippen molar-refractivity contribution in [1.29, 1.82) is 0 Å². The van der Waals surface area contributed by atoms with Crippen molar-refractivity contribution in [3.8, 4) is 11.5 Å². The fourth-order valence-electron chi connectivity index (χ4n) is 3.48. The third kappa shape index (κ3) is 6.15. The van der Waals surface area contributed by atoms with Crippen LogP contribution < -0.4 is 15.0 Å². The number of amides is 2. The van der Waals surface area contributed by atoms with Crippen LogP contribution in [0.4, 0.5) is 11.4 Å². The number of rotatable bonds is 10. The maximum Gasteiger partial charge on any atom is 0.293 e. The summed E-state index contributed by atoms with van der Waals surface area (Å²) < 4.78 is 11.1. The molecule has 0 saturated carbocycles. The summed E-state index contributed by atoms with van der Waals surface area (Å²) >= 11 is 0. The highest BCUT2D eigenvalue weighted by Gasteiger charge is 2.20. The van der Waals surface area contributed by atoms with Crippen LogP contribution >= 0.6 is 0 Å². The van der Waals surface area contributed by atoms with E-state index in [1.807, 2.05) is 30.3 Å². The van der Waals surface area contributed by atoms with Crippen LogP contribution in [0.2, 0.25) is 0 Å². The van der Waals surface area contributed by atoms with Gasteiger partial charge in [0.15, 0.2) is 5.76 Å². The zero-order valence-electron chi connectivity index (χ0n) is 19.2. The molecule has 0 aliphatic heterocycles. The van der Waals surface area contributed by atoms with Crippen LogP contribution in [0.5, 0.6) is 11.5 Å². The van der Waals surface area contributed by atoms with Crippen molar-refractivity contribution in [2.45, 2.75) is 6.42 Å². The molecule has 9 heteroatoms. The smallest absolute Gasteiger partial charge is 0.293 e. The SMILES string of the molecule is O=C(NCCCN(C(=O)c1ccco1)c1ccc(Oc2ccccc2)cc1)c1ccc([N+](=O)[O-])cc1. The van der Waals surface area contributed by atoms with Gasteiger partial charge in [-0.05, 0) is 67.1 Å². The Kier molecular flexibility index (Phi) is 7.72. The zero-order chi connectivity index (χ0) is 25.3. The molecule has 0 aliphatic rings. The molecule has 0 spiro atoms. The predicted molar refractivity (Wildman–Crippen MR) is 133 cm³/mol. The second-order valence-corrected chi connectivity index (χ2v) is 7.76. The summed E-state index contributed by atoms with van der Waals surface area (Å²) in [7, 11) is 0. The number of hydrogen-bond donors (Lipinski definition) is 1. The van der Waals surface area contributed by atoms with Gasteiger partial charge in [0.05, 0.1) is 11.2 Å². The summed E-state index contributed by atoms with van der Waals surface area (Å²) in [6.45, 7) is 0.617. The number of carbonyl (C=O) groups is 2. The van der Waals surface area contributed by atoms with Crippen LogP contribution in [0.1, 0.15) is 27.3 Å². The van der Waals surface area contributed by atoms with Gasteiger partial charge in [-0.25, -0.2) is 0 Å². The summed E-state index contributed by atoms with van der Waals surface area (Å²) in [5, 5.41) is 13.5. The lowest BCUT2D eigenvalue weighted by atomic mass is 10.2. The molecule has 0 atom stereocenters. The number of carbonyl (C=O) groups excluding carboxylic acids is 2. The number of nitrogens with one attached hydrogen (secondary N) is 1. The Morgan fingerprint density at radius 3 is 2.22 bits per heavy atom. The Hall–Kier alpha value is -4.92. The lowest BCUT2D eigenvalue weighted by Gasteiger charge is -2.22. The van der Waals surface area contributed by atoms with E-state index in [-0.39, 0.29) is 23.3 Å². The van der Waals surface area contributed by atoms with E-state index in [0.29, 0.717) is 42.3 Å². The average molecular weight is 485 g/mol. The number of para-hydroxylation sites is 1. The number of non-ortho nitro benzene ring substituents is 1. The first-order chi connectivity index (χ1) is 17.5. The van der Waals surface area contributed by atoms with E-state index >= 15 is 0 Å². The molecule has 4 rings (SSSR count). The third-order valence-electron chi connectivity index (χ3n) is 5.29. The molecule has 182 valence electrons. The molecule has 0 bridgehead atoms. The fraction of sp³-hybridized carbons (Fsp3) is 0.111. The normalized spacial score (nSPS) is 10.4. The molecule has 1 heterocycles. The largest absolute Gasteiger partial charge is 0.459 e. The summed E-state index contributed by atoms with van der Waals surface area (Å²) in [6, 6.07) is 25.1. The van der Waals surface area contributed by atoms with Crippen molar-refractivity contribution in [2.24, 2.45) is 0 Å². The van der Waals surface area contributed by atoms with Crippen molar-refractivity contribution in [1.82, 2.24) is 5.32 Å². The Morgan fingerprint density at radius 1 is 0.889 bits per heavy atom. The van der Waals surface area contributed by atoms with E-state index < -0.39 is 4.92 Å². The average Bonchev–Trinajstić information content (AvgIpc) is 3.45. The van der Waals surface area contributed by atoms with E-state index in [0.717, 1.165) is 0 Å².